The van der Waals surface area contributed by atoms with Gasteiger partial charge in [0.25, 0.3) is 12.3 Å². The van der Waals surface area contributed by atoms with Crippen LogP contribution in [0.5, 0.6) is 0 Å². The van der Waals surface area contributed by atoms with Crippen LogP contribution in [0.3, 0.4) is 0 Å². The lowest BCUT2D eigenvalue weighted by molar-refractivity contribution is 0.0736. The van der Waals surface area contributed by atoms with Crippen molar-refractivity contribution in [1.82, 2.24) is 24.7 Å². The molecule has 1 aliphatic rings. The molecule has 4 aromatic rings. The standard InChI is InChI=1S/C24H23F2N5O2/c1-3-20-21(14(2)29-33-20)18-10-7-11-30(18)24(32)16-13-27-31-19(22(25)26)12-17(28-23(16)31)15-8-5-4-6-9-15/h4-6,8-9,12-13,18,22H,3,7,10-11H2,1-2H3. The first kappa shape index (κ1) is 21.2. The first-order valence-corrected chi connectivity index (χ1v) is 11.0. The lowest BCUT2D eigenvalue weighted by Gasteiger charge is -2.24. The average Bonchev–Trinajstić information content (AvgIpc) is 3.56. The lowest BCUT2D eigenvalue weighted by atomic mass is 10.0. The van der Waals surface area contributed by atoms with E-state index in [1.165, 1.54) is 12.3 Å². The van der Waals surface area contributed by atoms with Crippen LogP contribution in [0.1, 0.15) is 65.3 Å². The van der Waals surface area contributed by atoms with Gasteiger partial charge in [-0.05, 0) is 25.8 Å². The van der Waals surface area contributed by atoms with Gasteiger partial charge in [0.05, 0.1) is 23.6 Å². The van der Waals surface area contributed by atoms with E-state index >= 15 is 0 Å². The third kappa shape index (κ3) is 3.57. The molecule has 7 nitrogen and oxygen atoms in total. The monoisotopic (exact) mass is 451 g/mol. The molecule has 9 heteroatoms. The van der Waals surface area contributed by atoms with E-state index < -0.39 is 6.43 Å². The Kier molecular flexibility index (Phi) is 5.39. The van der Waals surface area contributed by atoms with Crippen LogP contribution in [-0.4, -0.2) is 37.1 Å². The van der Waals surface area contributed by atoms with Gasteiger partial charge in [0.2, 0.25) is 0 Å². The first-order chi connectivity index (χ1) is 16.0. The average molecular weight is 451 g/mol. The summed E-state index contributed by atoms with van der Waals surface area (Å²) in [6.07, 6.45) is 0.846. The van der Waals surface area contributed by atoms with Crippen molar-refractivity contribution in [2.75, 3.05) is 6.54 Å². The van der Waals surface area contributed by atoms with Crippen LogP contribution in [0.25, 0.3) is 16.9 Å². The summed E-state index contributed by atoms with van der Waals surface area (Å²) in [6, 6.07) is 10.2. The van der Waals surface area contributed by atoms with E-state index in [1.54, 1.807) is 17.0 Å². The van der Waals surface area contributed by atoms with Gasteiger partial charge in [-0.3, -0.25) is 4.79 Å². The number of halogens is 2. The highest BCUT2D eigenvalue weighted by molar-refractivity contribution is 6.00. The normalized spacial score (nSPS) is 16.3. The number of amides is 1. The maximum atomic E-state index is 13.9. The maximum Gasteiger partial charge on any atom is 0.280 e. The van der Waals surface area contributed by atoms with Gasteiger partial charge < -0.3 is 9.42 Å². The molecule has 0 radical (unpaired) electrons. The largest absolute Gasteiger partial charge is 0.361 e. The number of carbonyl (C=O) groups excluding carboxylic acids is 1. The number of likely N-dealkylation sites (tertiary alicyclic amines) is 1. The van der Waals surface area contributed by atoms with Crippen LogP contribution in [0.2, 0.25) is 0 Å². The van der Waals surface area contributed by atoms with E-state index in [0.29, 0.717) is 24.2 Å². The molecule has 170 valence electrons. The number of nitrogens with zero attached hydrogens (tertiary/aromatic N) is 5. The quantitative estimate of drug-likeness (QED) is 0.418. The van der Waals surface area contributed by atoms with Crippen LogP contribution in [-0.2, 0) is 6.42 Å². The SMILES string of the molecule is CCc1onc(C)c1C1CCCN1C(=O)c1cnn2c(C(F)F)cc(-c3ccccc3)nc12. The number of fused-ring (bicyclic) bond motifs is 1. The van der Waals surface area contributed by atoms with E-state index in [-0.39, 0.29) is 28.9 Å². The summed E-state index contributed by atoms with van der Waals surface area (Å²) in [5.74, 6) is 0.481. The number of rotatable bonds is 5. The van der Waals surface area contributed by atoms with Crippen molar-refractivity contribution in [2.45, 2.75) is 45.6 Å². The molecule has 0 spiro atoms. The third-order valence-electron chi connectivity index (χ3n) is 6.17. The summed E-state index contributed by atoms with van der Waals surface area (Å²) in [5.41, 5.74) is 2.78. The van der Waals surface area contributed by atoms with Crippen molar-refractivity contribution in [3.05, 3.63) is 70.9 Å². The maximum absolute atomic E-state index is 13.9. The number of aromatic nitrogens is 4. The van der Waals surface area contributed by atoms with Gasteiger partial charge >= 0.3 is 0 Å². The molecule has 1 fully saturated rings. The molecule has 0 N–H and O–H groups in total. The van der Waals surface area contributed by atoms with Crippen molar-refractivity contribution >= 4 is 11.6 Å². The van der Waals surface area contributed by atoms with E-state index in [1.807, 2.05) is 32.0 Å². The van der Waals surface area contributed by atoms with Crippen LogP contribution in [0.15, 0.2) is 47.1 Å². The molecule has 1 atom stereocenters. The summed E-state index contributed by atoms with van der Waals surface area (Å²) < 4.78 is 34.3. The predicted octanol–water partition coefficient (Wildman–Crippen LogP) is 5.17. The van der Waals surface area contributed by atoms with Crippen molar-refractivity contribution in [3.63, 3.8) is 0 Å². The lowest BCUT2D eigenvalue weighted by Crippen LogP contribution is -2.31. The Bertz CT molecular complexity index is 1320. The molecule has 0 bridgehead atoms. The summed E-state index contributed by atoms with van der Waals surface area (Å²) in [4.78, 5) is 20.0. The second-order valence-corrected chi connectivity index (χ2v) is 8.14. The highest BCUT2D eigenvalue weighted by Crippen LogP contribution is 2.37. The van der Waals surface area contributed by atoms with Gasteiger partial charge in [0.15, 0.2) is 5.65 Å². The van der Waals surface area contributed by atoms with E-state index in [0.717, 1.165) is 34.4 Å². The Hall–Kier alpha value is -3.62. The molecule has 1 unspecified atom stereocenters. The summed E-state index contributed by atoms with van der Waals surface area (Å²) in [7, 11) is 0. The zero-order valence-electron chi connectivity index (χ0n) is 18.3. The van der Waals surface area contributed by atoms with Gasteiger partial charge in [-0.25, -0.2) is 18.3 Å². The molecule has 5 rings (SSSR count). The van der Waals surface area contributed by atoms with Crippen LogP contribution in [0.4, 0.5) is 8.78 Å². The van der Waals surface area contributed by atoms with Crippen LogP contribution in [0, 0.1) is 6.92 Å². The number of carbonyl (C=O) groups is 1. The predicted molar refractivity (Wildman–Crippen MR) is 117 cm³/mol. The molecular formula is C24H23F2N5O2. The van der Waals surface area contributed by atoms with Gasteiger partial charge in [0.1, 0.15) is 17.0 Å². The Morgan fingerprint density at radius 2 is 2.06 bits per heavy atom. The number of aryl methyl sites for hydroxylation is 2. The second kappa shape index (κ2) is 8.38. The number of hydrogen-bond acceptors (Lipinski definition) is 5. The van der Waals surface area contributed by atoms with Crippen LogP contribution >= 0.6 is 0 Å². The number of benzene rings is 1. The molecule has 1 aliphatic heterocycles. The Morgan fingerprint density at radius 3 is 2.79 bits per heavy atom. The minimum absolute atomic E-state index is 0.125. The number of alkyl halides is 2. The topological polar surface area (TPSA) is 76.5 Å². The fourth-order valence-electron chi connectivity index (χ4n) is 4.62. The zero-order chi connectivity index (χ0) is 23.1. The summed E-state index contributed by atoms with van der Waals surface area (Å²) in [6.45, 7) is 4.41. The smallest absolute Gasteiger partial charge is 0.280 e. The third-order valence-corrected chi connectivity index (χ3v) is 6.17. The fourth-order valence-corrected chi connectivity index (χ4v) is 4.62. The van der Waals surface area contributed by atoms with E-state index in [2.05, 4.69) is 15.2 Å². The van der Waals surface area contributed by atoms with Crippen molar-refractivity contribution in [2.24, 2.45) is 0 Å². The molecule has 33 heavy (non-hydrogen) atoms. The molecular weight excluding hydrogens is 428 g/mol. The molecule has 0 aliphatic carbocycles. The highest BCUT2D eigenvalue weighted by atomic mass is 19.3. The zero-order valence-corrected chi connectivity index (χ0v) is 18.3. The Morgan fingerprint density at radius 1 is 1.27 bits per heavy atom. The van der Waals surface area contributed by atoms with Crippen molar-refractivity contribution in [3.8, 4) is 11.3 Å². The molecule has 4 heterocycles. The first-order valence-electron chi connectivity index (χ1n) is 11.0. The fraction of sp³-hybridized carbons (Fsp3) is 0.333. The Balaban J connectivity index is 1.60. The van der Waals surface area contributed by atoms with Crippen molar-refractivity contribution < 1.29 is 18.1 Å². The van der Waals surface area contributed by atoms with E-state index in [4.69, 9.17) is 4.52 Å². The number of hydrogen-bond donors (Lipinski definition) is 0. The molecule has 3 aromatic heterocycles. The molecule has 0 saturated carbocycles. The Labute approximate surface area is 189 Å². The van der Waals surface area contributed by atoms with Gasteiger partial charge in [-0.1, -0.05) is 42.4 Å². The van der Waals surface area contributed by atoms with E-state index in [9.17, 15) is 13.6 Å². The highest BCUT2D eigenvalue weighted by Gasteiger charge is 2.36. The minimum Gasteiger partial charge on any atom is -0.361 e. The van der Waals surface area contributed by atoms with Gasteiger partial charge in [-0.2, -0.15) is 5.10 Å². The summed E-state index contributed by atoms with van der Waals surface area (Å²) >= 11 is 0. The second-order valence-electron chi connectivity index (χ2n) is 8.14. The molecule has 1 amide bonds. The van der Waals surface area contributed by atoms with Crippen LogP contribution < -0.4 is 0 Å². The molecule has 1 saturated heterocycles. The van der Waals surface area contributed by atoms with Crippen molar-refractivity contribution in [1.29, 1.82) is 0 Å². The van der Waals surface area contributed by atoms with Gasteiger partial charge in [0, 0.05) is 24.1 Å². The summed E-state index contributed by atoms with van der Waals surface area (Å²) in [5, 5.41) is 8.19. The molecule has 1 aromatic carbocycles. The van der Waals surface area contributed by atoms with Gasteiger partial charge in [-0.15, -0.1) is 0 Å². The minimum atomic E-state index is -2.77.